The van der Waals surface area contributed by atoms with E-state index in [1.165, 1.54) is 87.6 Å². The van der Waals surface area contributed by atoms with Crippen LogP contribution in [0.3, 0.4) is 0 Å². The van der Waals surface area contributed by atoms with Crippen LogP contribution in [0.4, 0.5) is 0 Å². The third-order valence-electron chi connectivity index (χ3n) is 11.2. The van der Waals surface area contributed by atoms with E-state index in [1.54, 1.807) is 0 Å². The van der Waals surface area contributed by atoms with Gasteiger partial charge in [0.15, 0.2) is 0 Å². The number of aromatic nitrogens is 1. The summed E-state index contributed by atoms with van der Waals surface area (Å²) in [7, 11) is 0. The van der Waals surface area contributed by atoms with E-state index in [4.69, 9.17) is 4.98 Å². The van der Waals surface area contributed by atoms with E-state index in [1.807, 2.05) is 6.20 Å². The molecule has 10 rings (SSSR count). The Morgan fingerprint density at radius 2 is 0.796 bits per heavy atom. The molecule has 0 fully saturated rings. The Morgan fingerprint density at radius 3 is 1.41 bits per heavy atom. The molecule has 0 spiro atoms. The molecule has 0 unspecified atom stereocenters. The second kappa shape index (κ2) is 13.0. The number of hydrogen-bond acceptors (Lipinski definition) is 1. The number of rotatable bonds is 5. The molecule has 0 aliphatic heterocycles. The Bertz CT molecular complexity index is 2970. The van der Waals surface area contributed by atoms with Gasteiger partial charge >= 0.3 is 0 Å². The van der Waals surface area contributed by atoms with Crippen molar-refractivity contribution >= 4 is 43.1 Å². The molecule has 9 aromatic carbocycles. The zero-order valence-electron chi connectivity index (χ0n) is 30.3. The maximum atomic E-state index is 4.89. The topological polar surface area (TPSA) is 12.9 Å². The van der Waals surface area contributed by atoms with E-state index in [-0.39, 0.29) is 0 Å². The standard InChI is InChI=1S/C53H37N/c1-34-12-9-13-35(2)51(34)44-22-10-21-43-42(44)20-11-23-45(43)53-48-18-7-5-16-46(48)52(47-17-6-8-19-49(47)53)38-27-24-37(25-28-38)41-30-31-50(54-33-41)40-29-26-36-14-3-4-15-39(36)32-40/h3-33H,1-2H3. The zero-order valence-corrected chi connectivity index (χ0v) is 30.3. The van der Waals surface area contributed by atoms with Crippen molar-refractivity contribution in [1.82, 2.24) is 4.98 Å². The summed E-state index contributed by atoms with van der Waals surface area (Å²) in [5.41, 5.74) is 14.6. The van der Waals surface area contributed by atoms with Crippen molar-refractivity contribution in [3.63, 3.8) is 0 Å². The SMILES string of the molecule is Cc1cccc(C)c1-c1cccc2c(-c3c4ccccc4c(-c4ccc(-c5ccc(-c6ccc7ccccc7c6)nc5)cc4)c4ccccc34)cccc12. The molecule has 0 aliphatic rings. The van der Waals surface area contributed by atoms with Gasteiger partial charge in [-0.1, -0.05) is 170 Å². The molecule has 254 valence electrons. The molecule has 1 aromatic heterocycles. The Kier molecular flexibility index (Phi) is 7.66. The summed E-state index contributed by atoms with van der Waals surface area (Å²) in [5.74, 6) is 0. The van der Waals surface area contributed by atoms with Gasteiger partial charge in [0, 0.05) is 17.3 Å². The van der Waals surface area contributed by atoms with Gasteiger partial charge in [-0.05, 0) is 119 Å². The van der Waals surface area contributed by atoms with Crippen molar-refractivity contribution in [2.45, 2.75) is 13.8 Å². The lowest BCUT2D eigenvalue weighted by atomic mass is 9.83. The average Bonchev–Trinajstić information content (AvgIpc) is 3.22. The van der Waals surface area contributed by atoms with E-state index in [9.17, 15) is 0 Å². The Labute approximate surface area is 315 Å². The normalized spacial score (nSPS) is 11.5. The maximum absolute atomic E-state index is 4.89. The predicted molar refractivity (Wildman–Crippen MR) is 231 cm³/mol. The van der Waals surface area contributed by atoms with Crippen molar-refractivity contribution in [2.24, 2.45) is 0 Å². The van der Waals surface area contributed by atoms with Crippen LogP contribution in [0.2, 0.25) is 0 Å². The van der Waals surface area contributed by atoms with E-state index < -0.39 is 0 Å². The van der Waals surface area contributed by atoms with Crippen molar-refractivity contribution in [3.8, 4) is 55.8 Å². The molecule has 0 aliphatic carbocycles. The number of aryl methyl sites for hydroxylation is 2. The van der Waals surface area contributed by atoms with Crippen LogP contribution in [0.1, 0.15) is 11.1 Å². The molecule has 1 heterocycles. The molecule has 0 radical (unpaired) electrons. The van der Waals surface area contributed by atoms with Crippen LogP contribution in [0.15, 0.2) is 188 Å². The van der Waals surface area contributed by atoms with Gasteiger partial charge in [-0.3, -0.25) is 4.98 Å². The molecule has 0 bridgehead atoms. The molecular formula is C53H37N. The van der Waals surface area contributed by atoms with Crippen LogP contribution in [0, 0.1) is 13.8 Å². The van der Waals surface area contributed by atoms with E-state index in [2.05, 4.69) is 196 Å². The molecule has 10 aromatic rings. The lowest BCUT2D eigenvalue weighted by Gasteiger charge is -2.20. The largest absolute Gasteiger partial charge is 0.256 e. The second-order valence-electron chi connectivity index (χ2n) is 14.4. The fraction of sp³-hybridized carbons (Fsp3) is 0.0377. The van der Waals surface area contributed by atoms with Gasteiger partial charge in [-0.2, -0.15) is 0 Å². The number of benzene rings is 9. The summed E-state index contributed by atoms with van der Waals surface area (Å²) >= 11 is 0. The summed E-state index contributed by atoms with van der Waals surface area (Å²) in [6, 6.07) is 66.4. The van der Waals surface area contributed by atoms with Crippen molar-refractivity contribution < 1.29 is 0 Å². The first kappa shape index (κ1) is 31.9. The van der Waals surface area contributed by atoms with Gasteiger partial charge in [-0.25, -0.2) is 0 Å². The molecule has 1 nitrogen and oxygen atoms in total. The first-order valence-corrected chi connectivity index (χ1v) is 18.7. The Balaban J connectivity index is 1.09. The smallest absolute Gasteiger partial charge is 0.0702 e. The summed E-state index contributed by atoms with van der Waals surface area (Å²) < 4.78 is 0. The van der Waals surface area contributed by atoms with Crippen molar-refractivity contribution in [2.75, 3.05) is 0 Å². The molecule has 1 heteroatoms. The van der Waals surface area contributed by atoms with Crippen molar-refractivity contribution in [1.29, 1.82) is 0 Å². The molecule has 0 amide bonds. The lowest BCUT2D eigenvalue weighted by molar-refractivity contribution is 1.33. The molecule has 0 saturated heterocycles. The number of nitrogens with zero attached hydrogens (tertiary/aromatic N) is 1. The highest BCUT2D eigenvalue weighted by atomic mass is 14.7. The van der Waals surface area contributed by atoms with Crippen LogP contribution in [0.5, 0.6) is 0 Å². The third kappa shape index (κ3) is 5.28. The molecule has 0 N–H and O–H groups in total. The summed E-state index contributed by atoms with van der Waals surface area (Å²) in [6.45, 7) is 4.44. The first-order chi connectivity index (χ1) is 26.6. The fourth-order valence-corrected chi connectivity index (χ4v) is 8.63. The van der Waals surface area contributed by atoms with Crippen LogP contribution in [-0.2, 0) is 0 Å². The van der Waals surface area contributed by atoms with Gasteiger partial charge in [0.05, 0.1) is 5.69 Å². The predicted octanol–water partition coefficient (Wildman–Crippen LogP) is 14.6. The van der Waals surface area contributed by atoms with Crippen LogP contribution < -0.4 is 0 Å². The van der Waals surface area contributed by atoms with Crippen LogP contribution >= 0.6 is 0 Å². The fourth-order valence-electron chi connectivity index (χ4n) is 8.63. The van der Waals surface area contributed by atoms with E-state index in [0.717, 1.165) is 22.4 Å². The van der Waals surface area contributed by atoms with Gasteiger partial charge in [0.1, 0.15) is 0 Å². The highest BCUT2D eigenvalue weighted by Crippen LogP contribution is 2.46. The van der Waals surface area contributed by atoms with Gasteiger partial charge in [0.2, 0.25) is 0 Å². The minimum absolute atomic E-state index is 0.979. The van der Waals surface area contributed by atoms with E-state index in [0.29, 0.717) is 0 Å². The van der Waals surface area contributed by atoms with Gasteiger partial charge < -0.3 is 0 Å². The van der Waals surface area contributed by atoms with Crippen molar-refractivity contribution in [3.05, 3.63) is 199 Å². The molecule has 0 saturated carbocycles. The summed E-state index contributed by atoms with van der Waals surface area (Å²) in [4.78, 5) is 4.89. The second-order valence-corrected chi connectivity index (χ2v) is 14.4. The van der Waals surface area contributed by atoms with Gasteiger partial charge in [0.25, 0.3) is 0 Å². The molecule has 0 atom stereocenters. The Morgan fingerprint density at radius 1 is 0.315 bits per heavy atom. The zero-order chi connectivity index (χ0) is 36.2. The monoisotopic (exact) mass is 687 g/mol. The van der Waals surface area contributed by atoms with Gasteiger partial charge in [-0.15, -0.1) is 0 Å². The highest BCUT2D eigenvalue weighted by molar-refractivity contribution is 6.24. The molecule has 54 heavy (non-hydrogen) atoms. The lowest BCUT2D eigenvalue weighted by Crippen LogP contribution is -1.93. The molecular weight excluding hydrogens is 651 g/mol. The quantitative estimate of drug-likeness (QED) is 0.164. The maximum Gasteiger partial charge on any atom is 0.0702 e. The number of fused-ring (bicyclic) bond motifs is 4. The minimum atomic E-state index is 0.979. The highest BCUT2D eigenvalue weighted by Gasteiger charge is 2.19. The minimum Gasteiger partial charge on any atom is -0.256 e. The number of pyridine rings is 1. The van der Waals surface area contributed by atoms with E-state index >= 15 is 0 Å². The summed E-state index contributed by atoms with van der Waals surface area (Å²) in [6.07, 6.45) is 2.00. The van der Waals surface area contributed by atoms with Crippen LogP contribution in [-0.4, -0.2) is 4.98 Å². The number of hydrogen-bond donors (Lipinski definition) is 0. The third-order valence-corrected chi connectivity index (χ3v) is 11.2. The van der Waals surface area contributed by atoms with Crippen LogP contribution in [0.25, 0.3) is 98.9 Å². The Hall–Kier alpha value is -6.83. The first-order valence-electron chi connectivity index (χ1n) is 18.7. The average molecular weight is 688 g/mol. The summed E-state index contributed by atoms with van der Waals surface area (Å²) in [5, 5.41) is 10.0.